The highest BCUT2D eigenvalue weighted by atomic mass is 31.2. The van der Waals surface area contributed by atoms with Gasteiger partial charge >= 0.3 is 19.0 Å². The first-order valence-electron chi connectivity index (χ1n) is 4.11. The number of aromatic nitrogens is 2. The Bertz CT molecular complexity index is 455. The number of carboxylic acids is 1. The molecule has 0 aliphatic carbocycles. The number of rotatable bonds is 4. The highest BCUT2D eigenvalue weighted by Crippen LogP contribution is 2.53. The van der Waals surface area contributed by atoms with Crippen molar-refractivity contribution in [2.45, 2.75) is 11.8 Å². The SMILES string of the molecule is Cn1cncc1CC(F)(C(=O)O)P(=O)(O)O. The van der Waals surface area contributed by atoms with Crippen LogP contribution in [0.1, 0.15) is 5.69 Å². The first-order valence-corrected chi connectivity index (χ1v) is 5.73. The Balaban J connectivity index is 3.12. The third-order valence-corrected chi connectivity index (χ3v) is 3.39. The van der Waals surface area contributed by atoms with Gasteiger partial charge < -0.3 is 19.5 Å². The Morgan fingerprint density at radius 2 is 2.25 bits per heavy atom. The zero-order valence-electron chi connectivity index (χ0n) is 8.24. The zero-order chi connectivity index (χ0) is 12.6. The Labute approximate surface area is 89.7 Å². The Kier molecular flexibility index (Phi) is 3.18. The quantitative estimate of drug-likeness (QED) is 0.644. The second-order valence-electron chi connectivity index (χ2n) is 3.28. The summed E-state index contributed by atoms with van der Waals surface area (Å²) in [6.45, 7) is 0. The second kappa shape index (κ2) is 3.97. The lowest BCUT2D eigenvalue weighted by Crippen LogP contribution is -2.36. The predicted molar refractivity (Wildman–Crippen MR) is 50.4 cm³/mol. The van der Waals surface area contributed by atoms with E-state index in [1.165, 1.54) is 17.9 Å². The minimum Gasteiger partial charge on any atom is -0.478 e. The third-order valence-electron chi connectivity index (χ3n) is 2.12. The molecule has 3 N–H and O–H groups in total. The van der Waals surface area contributed by atoms with Crippen molar-refractivity contribution < 1.29 is 28.6 Å². The minimum absolute atomic E-state index is 0.0771. The summed E-state index contributed by atoms with van der Waals surface area (Å²) in [5, 5.41) is 4.94. The van der Waals surface area contributed by atoms with Gasteiger partial charge in [0.25, 0.3) is 0 Å². The van der Waals surface area contributed by atoms with Crippen LogP contribution < -0.4 is 0 Å². The van der Waals surface area contributed by atoms with Crippen LogP contribution in [-0.2, 0) is 22.8 Å². The molecular formula is C7H10FN2O5P. The number of nitrogens with zero attached hydrogens (tertiary/aromatic N) is 2. The molecule has 0 aromatic carbocycles. The second-order valence-corrected chi connectivity index (χ2v) is 5.08. The molecule has 0 aliphatic rings. The number of hydrogen-bond acceptors (Lipinski definition) is 3. The molecule has 90 valence electrons. The van der Waals surface area contributed by atoms with Gasteiger partial charge in [-0.25, -0.2) is 14.2 Å². The van der Waals surface area contributed by atoms with Crippen molar-refractivity contribution in [2.24, 2.45) is 7.05 Å². The molecule has 9 heteroatoms. The maximum Gasteiger partial charge on any atom is 0.374 e. The maximum absolute atomic E-state index is 13.8. The van der Waals surface area contributed by atoms with Crippen LogP contribution in [0.25, 0.3) is 0 Å². The summed E-state index contributed by atoms with van der Waals surface area (Å²) in [4.78, 5) is 31.7. The Hall–Kier alpha value is -1.24. The topological polar surface area (TPSA) is 113 Å². The number of imidazole rings is 1. The zero-order valence-corrected chi connectivity index (χ0v) is 9.13. The predicted octanol–water partition coefficient (Wildman–Crippen LogP) is -0.109. The van der Waals surface area contributed by atoms with E-state index >= 15 is 0 Å². The van der Waals surface area contributed by atoms with E-state index in [-0.39, 0.29) is 5.69 Å². The van der Waals surface area contributed by atoms with Gasteiger partial charge in [-0.1, -0.05) is 0 Å². The summed E-state index contributed by atoms with van der Waals surface area (Å²) in [5.41, 5.74) is 0.0771. The van der Waals surface area contributed by atoms with Gasteiger partial charge in [0.05, 0.1) is 6.33 Å². The van der Waals surface area contributed by atoms with E-state index < -0.39 is 25.4 Å². The molecule has 1 aromatic rings. The number of aryl methyl sites for hydroxylation is 1. The molecule has 0 aliphatic heterocycles. The molecule has 0 saturated carbocycles. The van der Waals surface area contributed by atoms with Crippen molar-refractivity contribution in [1.82, 2.24) is 9.55 Å². The number of hydrogen-bond donors (Lipinski definition) is 3. The summed E-state index contributed by atoms with van der Waals surface area (Å²) >= 11 is 0. The van der Waals surface area contributed by atoms with Crippen molar-refractivity contribution in [3.05, 3.63) is 18.2 Å². The normalized spacial score (nSPS) is 15.8. The average Bonchev–Trinajstić information content (AvgIpc) is 2.49. The lowest BCUT2D eigenvalue weighted by molar-refractivity contribution is -0.146. The van der Waals surface area contributed by atoms with Crippen LogP contribution in [0, 0.1) is 0 Å². The van der Waals surface area contributed by atoms with Crippen LogP contribution >= 0.6 is 7.60 Å². The fourth-order valence-corrected chi connectivity index (χ4v) is 1.72. The van der Waals surface area contributed by atoms with E-state index in [0.29, 0.717) is 0 Å². The number of aliphatic carboxylic acids is 1. The summed E-state index contributed by atoms with van der Waals surface area (Å²) in [5.74, 6) is -2.19. The summed E-state index contributed by atoms with van der Waals surface area (Å²) < 4.78 is 25.9. The molecule has 16 heavy (non-hydrogen) atoms. The van der Waals surface area contributed by atoms with Gasteiger partial charge in [0.2, 0.25) is 0 Å². The van der Waals surface area contributed by atoms with Crippen LogP contribution in [0.2, 0.25) is 0 Å². The van der Waals surface area contributed by atoms with Crippen LogP contribution in [0.5, 0.6) is 0 Å². The van der Waals surface area contributed by atoms with Gasteiger partial charge in [-0.15, -0.1) is 0 Å². The van der Waals surface area contributed by atoms with Crippen LogP contribution in [0.15, 0.2) is 12.5 Å². The van der Waals surface area contributed by atoms with E-state index in [0.717, 1.165) is 6.20 Å². The fourth-order valence-electron chi connectivity index (χ4n) is 1.10. The summed E-state index contributed by atoms with van der Waals surface area (Å²) in [7, 11) is -3.95. The number of carboxylic acid groups (broad SMARTS) is 1. The van der Waals surface area contributed by atoms with Crippen molar-refractivity contribution >= 4 is 13.6 Å². The van der Waals surface area contributed by atoms with Crippen molar-refractivity contribution in [1.29, 1.82) is 0 Å². The lowest BCUT2D eigenvalue weighted by atomic mass is 10.2. The monoisotopic (exact) mass is 252 g/mol. The number of carbonyl (C=O) groups is 1. The van der Waals surface area contributed by atoms with Crippen LogP contribution in [0.4, 0.5) is 4.39 Å². The molecule has 1 aromatic heterocycles. The van der Waals surface area contributed by atoms with Gasteiger partial charge in [-0.3, -0.25) is 4.57 Å². The molecule has 0 spiro atoms. The van der Waals surface area contributed by atoms with E-state index in [1.54, 1.807) is 0 Å². The van der Waals surface area contributed by atoms with Gasteiger partial charge in [-0.05, 0) is 0 Å². The minimum atomic E-state index is -5.41. The Morgan fingerprint density at radius 3 is 2.56 bits per heavy atom. The molecule has 1 atom stereocenters. The molecule has 1 unspecified atom stereocenters. The number of alkyl halides is 1. The summed E-state index contributed by atoms with van der Waals surface area (Å²) in [6, 6.07) is 0. The highest BCUT2D eigenvalue weighted by molar-refractivity contribution is 7.54. The van der Waals surface area contributed by atoms with E-state index in [1.807, 2.05) is 0 Å². The molecule has 0 bridgehead atoms. The molecule has 0 saturated heterocycles. The van der Waals surface area contributed by atoms with Crippen molar-refractivity contribution in [2.75, 3.05) is 0 Å². The van der Waals surface area contributed by atoms with Gasteiger partial charge in [0, 0.05) is 25.4 Å². The Morgan fingerprint density at radius 1 is 1.69 bits per heavy atom. The largest absolute Gasteiger partial charge is 0.478 e. The van der Waals surface area contributed by atoms with E-state index in [9.17, 15) is 13.8 Å². The first-order chi connectivity index (χ1) is 7.18. The van der Waals surface area contributed by atoms with Gasteiger partial charge in [0.15, 0.2) is 0 Å². The summed E-state index contributed by atoms with van der Waals surface area (Å²) in [6.07, 6.45) is 1.48. The van der Waals surface area contributed by atoms with Gasteiger partial charge in [0.1, 0.15) is 0 Å². The van der Waals surface area contributed by atoms with Crippen molar-refractivity contribution in [3.63, 3.8) is 0 Å². The highest BCUT2D eigenvalue weighted by Gasteiger charge is 2.55. The maximum atomic E-state index is 13.8. The third kappa shape index (κ3) is 2.13. The standard InChI is InChI=1S/C7H10FN2O5P/c1-10-4-9-3-5(10)2-7(8,6(11)12)16(13,14)15/h3-4H,2H2,1H3,(H,11,12)(H2,13,14,15). The molecule has 0 radical (unpaired) electrons. The molecule has 0 fully saturated rings. The van der Waals surface area contributed by atoms with Crippen LogP contribution in [0.3, 0.4) is 0 Å². The number of halogens is 1. The molecule has 0 amide bonds. The molecule has 1 heterocycles. The van der Waals surface area contributed by atoms with Crippen molar-refractivity contribution in [3.8, 4) is 0 Å². The van der Waals surface area contributed by atoms with E-state index in [4.69, 9.17) is 14.9 Å². The molecule has 7 nitrogen and oxygen atoms in total. The fraction of sp³-hybridized carbons (Fsp3) is 0.429. The molecule has 1 rings (SSSR count). The van der Waals surface area contributed by atoms with E-state index in [2.05, 4.69) is 4.98 Å². The average molecular weight is 252 g/mol. The lowest BCUT2D eigenvalue weighted by Gasteiger charge is -2.21. The van der Waals surface area contributed by atoms with Gasteiger partial charge in [-0.2, -0.15) is 0 Å². The first kappa shape index (κ1) is 12.8. The van der Waals surface area contributed by atoms with Crippen LogP contribution in [-0.4, -0.2) is 35.8 Å². The molecular weight excluding hydrogens is 242 g/mol. The smallest absolute Gasteiger partial charge is 0.374 e.